The largest absolute Gasteiger partial charge is 0.464 e. The van der Waals surface area contributed by atoms with E-state index < -0.39 is 16.7 Å². The highest BCUT2D eigenvalue weighted by Gasteiger charge is 2.11. The van der Waals surface area contributed by atoms with Crippen LogP contribution in [0.1, 0.15) is 5.56 Å². The highest BCUT2D eigenvalue weighted by atomic mass is 32.2. The summed E-state index contributed by atoms with van der Waals surface area (Å²) in [5.41, 5.74) is 6.80. The number of carbonyl (C=O) groups excluding carboxylic acids is 1. The molecule has 2 rings (SSSR count). The zero-order chi connectivity index (χ0) is 13.0. The Morgan fingerprint density at radius 3 is 2.67 bits per heavy atom. The predicted molar refractivity (Wildman–Crippen MR) is 70.1 cm³/mol. The number of hydrogen-bond donors (Lipinski definition) is 1. The Balaban J connectivity index is 2.23. The summed E-state index contributed by atoms with van der Waals surface area (Å²) in [7, 11) is -1.29. The minimum atomic E-state index is -1.29. The molecule has 0 saturated carbocycles. The van der Waals surface area contributed by atoms with Gasteiger partial charge in [0, 0.05) is 22.1 Å². The number of nitrogens with two attached hydrogens (primary N) is 1. The summed E-state index contributed by atoms with van der Waals surface area (Å²) in [6, 6.07) is 11.2. The second kappa shape index (κ2) is 5.64. The van der Waals surface area contributed by atoms with Gasteiger partial charge in [0.05, 0.1) is 6.26 Å². The first-order chi connectivity index (χ1) is 8.66. The number of furan rings is 1. The fourth-order valence-electron chi connectivity index (χ4n) is 1.70. The van der Waals surface area contributed by atoms with E-state index in [4.69, 9.17) is 10.2 Å². The fourth-order valence-corrected chi connectivity index (χ4v) is 2.72. The molecule has 2 N–H and O–H groups in total. The quantitative estimate of drug-likeness (QED) is 0.892. The number of carbonyl (C=O) groups is 1. The molecule has 1 aromatic heterocycles. The maximum Gasteiger partial charge on any atom is 0.230 e. The average Bonchev–Trinajstić information content (AvgIpc) is 2.81. The van der Waals surface area contributed by atoms with Crippen molar-refractivity contribution in [3.05, 3.63) is 48.2 Å². The van der Waals surface area contributed by atoms with Gasteiger partial charge in [-0.15, -0.1) is 0 Å². The van der Waals surface area contributed by atoms with Crippen molar-refractivity contribution in [2.24, 2.45) is 5.73 Å². The van der Waals surface area contributed by atoms with Crippen molar-refractivity contribution in [3.8, 4) is 11.3 Å². The third-order valence-corrected chi connectivity index (χ3v) is 3.66. The molecule has 0 aliphatic heterocycles. The Hall–Kier alpha value is -1.88. The smallest absolute Gasteiger partial charge is 0.230 e. The molecular weight excluding hydrogens is 250 g/mol. The van der Waals surface area contributed by atoms with Crippen LogP contribution in [0, 0.1) is 0 Å². The molecule has 1 aromatic carbocycles. The molecule has 0 radical (unpaired) electrons. The van der Waals surface area contributed by atoms with Crippen molar-refractivity contribution in [2.75, 3.05) is 5.75 Å². The lowest BCUT2D eigenvalue weighted by atomic mass is 10.1. The molecule has 2 aromatic rings. The third kappa shape index (κ3) is 3.07. The van der Waals surface area contributed by atoms with E-state index >= 15 is 0 Å². The second-order valence-electron chi connectivity index (χ2n) is 3.83. The lowest BCUT2D eigenvalue weighted by Gasteiger charge is -2.06. The third-order valence-electron chi connectivity index (χ3n) is 2.42. The Morgan fingerprint density at radius 2 is 2.00 bits per heavy atom. The van der Waals surface area contributed by atoms with Gasteiger partial charge in [0.15, 0.2) is 0 Å². The van der Waals surface area contributed by atoms with Gasteiger partial charge >= 0.3 is 0 Å². The normalized spacial score (nSPS) is 12.2. The summed E-state index contributed by atoms with van der Waals surface area (Å²) in [6.07, 6.45) is 1.59. The number of rotatable bonds is 5. The molecule has 1 amide bonds. The first-order valence-corrected chi connectivity index (χ1v) is 6.90. The van der Waals surface area contributed by atoms with Gasteiger partial charge in [-0.1, -0.05) is 24.3 Å². The Bertz CT molecular complexity index is 563. The van der Waals surface area contributed by atoms with Gasteiger partial charge in [0.25, 0.3) is 0 Å². The molecule has 0 spiro atoms. The molecular formula is C13H13NO3S. The van der Waals surface area contributed by atoms with E-state index in [2.05, 4.69) is 0 Å². The van der Waals surface area contributed by atoms with E-state index in [1.54, 1.807) is 12.3 Å². The monoisotopic (exact) mass is 263 g/mol. The summed E-state index contributed by atoms with van der Waals surface area (Å²) in [6.45, 7) is 0. The van der Waals surface area contributed by atoms with Gasteiger partial charge in [0.2, 0.25) is 5.91 Å². The van der Waals surface area contributed by atoms with Gasteiger partial charge in [-0.3, -0.25) is 9.00 Å². The van der Waals surface area contributed by atoms with Crippen LogP contribution in [0.4, 0.5) is 0 Å². The van der Waals surface area contributed by atoms with Gasteiger partial charge in [-0.05, 0) is 17.7 Å². The van der Waals surface area contributed by atoms with Gasteiger partial charge in [-0.25, -0.2) is 0 Å². The van der Waals surface area contributed by atoms with Gasteiger partial charge < -0.3 is 10.2 Å². The first-order valence-electron chi connectivity index (χ1n) is 5.42. The number of amides is 1. The Morgan fingerprint density at radius 1 is 1.22 bits per heavy atom. The molecule has 0 saturated heterocycles. The van der Waals surface area contributed by atoms with E-state index in [1.165, 1.54) is 0 Å². The highest BCUT2D eigenvalue weighted by Crippen LogP contribution is 2.24. The van der Waals surface area contributed by atoms with Crippen LogP contribution >= 0.6 is 0 Å². The first kappa shape index (κ1) is 12.6. The van der Waals surface area contributed by atoms with Gasteiger partial charge in [-0.2, -0.15) is 0 Å². The maximum atomic E-state index is 11.7. The lowest BCUT2D eigenvalue weighted by molar-refractivity contribution is -0.115. The molecule has 0 unspecified atom stereocenters. The Labute approximate surface area is 107 Å². The molecule has 1 heterocycles. The van der Waals surface area contributed by atoms with Crippen molar-refractivity contribution in [2.45, 2.75) is 5.75 Å². The number of hydrogen-bond acceptors (Lipinski definition) is 3. The number of benzene rings is 1. The minimum Gasteiger partial charge on any atom is -0.464 e. The summed E-state index contributed by atoms with van der Waals surface area (Å²) in [5, 5.41) is 0. The zero-order valence-electron chi connectivity index (χ0n) is 9.67. The van der Waals surface area contributed by atoms with E-state index in [-0.39, 0.29) is 5.75 Å². The van der Waals surface area contributed by atoms with Crippen LogP contribution < -0.4 is 5.73 Å². The van der Waals surface area contributed by atoms with Crippen LogP contribution in [0.15, 0.2) is 47.1 Å². The summed E-state index contributed by atoms with van der Waals surface area (Å²) >= 11 is 0. The van der Waals surface area contributed by atoms with Gasteiger partial charge in [0.1, 0.15) is 11.5 Å². The molecule has 4 nitrogen and oxygen atoms in total. The average molecular weight is 263 g/mol. The van der Waals surface area contributed by atoms with E-state index in [0.717, 1.165) is 16.9 Å². The number of primary amides is 1. The molecule has 18 heavy (non-hydrogen) atoms. The van der Waals surface area contributed by atoms with E-state index in [1.807, 2.05) is 30.3 Å². The van der Waals surface area contributed by atoms with Crippen LogP contribution in [0.25, 0.3) is 11.3 Å². The van der Waals surface area contributed by atoms with E-state index in [9.17, 15) is 9.00 Å². The molecule has 0 aliphatic rings. The van der Waals surface area contributed by atoms with E-state index in [0.29, 0.717) is 5.75 Å². The minimum absolute atomic E-state index is 0.119. The van der Waals surface area contributed by atoms with Crippen LogP contribution in [-0.4, -0.2) is 15.9 Å². The van der Waals surface area contributed by atoms with Crippen molar-refractivity contribution in [3.63, 3.8) is 0 Å². The summed E-state index contributed by atoms with van der Waals surface area (Å²) in [4.78, 5) is 10.7. The lowest BCUT2D eigenvalue weighted by Crippen LogP contribution is -2.20. The van der Waals surface area contributed by atoms with Crippen LogP contribution in [-0.2, 0) is 21.3 Å². The summed E-state index contributed by atoms with van der Waals surface area (Å²) in [5.74, 6) is 0.345. The van der Waals surface area contributed by atoms with Crippen LogP contribution in [0.3, 0.4) is 0 Å². The van der Waals surface area contributed by atoms with Crippen molar-refractivity contribution in [1.29, 1.82) is 0 Å². The zero-order valence-corrected chi connectivity index (χ0v) is 10.5. The Kier molecular flexibility index (Phi) is 3.94. The molecule has 0 aliphatic carbocycles. The highest BCUT2D eigenvalue weighted by molar-refractivity contribution is 7.84. The molecule has 5 heteroatoms. The molecule has 0 bridgehead atoms. The topological polar surface area (TPSA) is 73.3 Å². The van der Waals surface area contributed by atoms with Crippen LogP contribution in [0.5, 0.6) is 0 Å². The van der Waals surface area contributed by atoms with Crippen molar-refractivity contribution in [1.82, 2.24) is 0 Å². The molecule has 94 valence electrons. The standard InChI is InChI=1S/C13H13NO3S/c14-13(15)9-18(16)8-10-4-1-2-5-11(10)12-6-3-7-17-12/h1-7H,8-9H2,(H2,14,15)/t18-/m1/s1. The summed E-state index contributed by atoms with van der Waals surface area (Å²) < 4.78 is 17.1. The van der Waals surface area contributed by atoms with Crippen LogP contribution in [0.2, 0.25) is 0 Å². The molecule has 0 fully saturated rings. The van der Waals surface area contributed by atoms with Crippen molar-refractivity contribution >= 4 is 16.7 Å². The predicted octanol–water partition coefficient (Wildman–Crippen LogP) is 1.68. The SMILES string of the molecule is NC(=O)C[S@](=O)Cc1ccccc1-c1ccco1. The van der Waals surface area contributed by atoms with Crippen molar-refractivity contribution < 1.29 is 13.4 Å². The second-order valence-corrected chi connectivity index (χ2v) is 5.29. The fraction of sp³-hybridized carbons (Fsp3) is 0.154. The maximum absolute atomic E-state index is 11.7. The molecule has 1 atom stereocenters.